The van der Waals surface area contributed by atoms with Crippen molar-refractivity contribution in [2.75, 3.05) is 0 Å². The van der Waals surface area contributed by atoms with E-state index in [0.29, 0.717) is 5.76 Å². The second kappa shape index (κ2) is 4.33. The van der Waals surface area contributed by atoms with Crippen LogP contribution in [0.15, 0.2) is 30.2 Å². The van der Waals surface area contributed by atoms with Crippen LogP contribution in [0.4, 0.5) is 13.2 Å². The molecule has 0 N–H and O–H groups in total. The first-order chi connectivity index (χ1) is 6.93. The number of ether oxygens (including phenoxy) is 1. The monoisotopic (exact) mass is 217 g/mol. The second-order valence-electron chi connectivity index (χ2n) is 2.88. The van der Waals surface area contributed by atoms with Crippen molar-refractivity contribution in [1.29, 1.82) is 0 Å². The molecule has 5 heteroatoms. The molecule has 1 aromatic rings. The molecule has 1 rings (SSSR count). The molecule has 15 heavy (non-hydrogen) atoms. The third-order valence-electron chi connectivity index (χ3n) is 1.74. The normalized spacial score (nSPS) is 12.7. The number of pyridine rings is 1. The summed E-state index contributed by atoms with van der Waals surface area (Å²) in [7, 11) is 0. The molecule has 0 aliphatic rings. The minimum Gasteiger partial charge on any atom is -0.444 e. The van der Waals surface area contributed by atoms with Crippen LogP contribution in [0, 0.1) is 0 Å². The van der Waals surface area contributed by atoms with Crippen molar-refractivity contribution in [3.8, 4) is 5.88 Å². The molecule has 0 fully saturated rings. The van der Waals surface area contributed by atoms with Crippen molar-refractivity contribution in [3.05, 3.63) is 35.7 Å². The molecular formula is C10H10F3NO. The molecular weight excluding hydrogens is 207 g/mol. The van der Waals surface area contributed by atoms with Crippen LogP contribution in [0.5, 0.6) is 5.88 Å². The Bertz CT molecular complexity index is 354. The number of rotatable bonds is 2. The van der Waals surface area contributed by atoms with Gasteiger partial charge in [-0.05, 0) is 26.0 Å². The molecule has 0 saturated heterocycles. The number of hydrogen-bond acceptors (Lipinski definition) is 2. The Hall–Kier alpha value is -1.52. The molecule has 1 aromatic heterocycles. The highest BCUT2D eigenvalue weighted by molar-refractivity contribution is 5.21. The minimum absolute atomic E-state index is 0.151. The lowest BCUT2D eigenvalue weighted by Gasteiger charge is -2.07. The molecule has 0 radical (unpaired) electrons. The second-order valence-corrected chi connectivity index (χ2v) is 2.88. The molecule has 0 spiro atoms. The number of alkyl halides is 3. The van der Waals surface area contributed by atoms with E-state index in [4.69, 9.17) is 4.74 Å². The van der Waals surface area contributed by atoms with E-state index in [1.54, 1.807) is 19.9 Å². The first-order valence-corrected chi connectivity index (χ1v) is 4.27. The number of allylic oxidation sites excluding steroid dienone is 2. The number of halogens is 3. The van der Waals surface area contributed by atoms with Crippen molar-refractivity contribution in [2.45, 2.75) is 20.0 Å². The van der Waals surface area contributed by atoms with Gasteiger partial charge in [-0.15, -0.1) is 0 Å². The van der Waals surface area contributed by atoms with Crippen molar-refractivity contribution in [1.82, 2.24) is 4.98 Å². The SMILES string of the molecule is CC=C(C)Oc1ccc(C(F)(F)F)cn1. The lowest BCUT2D eigenvalue weighted by molar-refractivity contribution is -0.137. The van der Waals surface area contributed by atoms with Gasteiger partial charge in [0.2, 0.25) is 5.88 Å². The molecule has 1 heterocycles. The van der Waals surface area contributed by atoms with Crippen LogP contribution >= 0.6 is 0 Å². The fourth-order valence-corrected chi connectivity index (χ4v) is 0.832. The van der Waals surface area contributed by atoms with E-state index in [1.807, 2.05) is 0 Å². The summed E-state index contributed by atoms with van der Waals surface area (Å²) < 4.78 is 41.6. The third-order valence-corrected chi connectivity index (χ3v) is 1.74. The van der Waals surface area contributed by atoms with E-state index in [9.17, 15) is 13.2 Å². The lowest BCUT2D eigenvalue weighted by atomic mass is 10.3. The Balaban J connectivity index is 2.82. The quantitative estimate of drug-likeness (QED) is 0.708. The highest BCUT2D eigenvalue weighted by atomic mass is 19.4. The zero-order valence-electron chi connectivity index (χ0n) is 8.30. The largest absolute Gasteiger partial charge is 0.444 e. The molecule has 0 aliphatic carbocycles. The highest BCUT2D eigenvalue weighted by Gasteiger charge is 2.30. The molecule has 0 unspecified atom stereocenters. The van der Waals surface area contributed by atoms with Gasteiger partial charge in [-0.25, -0.2) is 4.98 Å². The maximum atomic E-state index is 12.2. The van der Waals surface area contributed by atoms with Crippen LogP contribution in [-0.2, 0) is 6.18 Å². The molecule has 0 saturated carbocycles. The first kappa shape index (κ1) is 11.6. The predicted molar refractivity (Wildman–Crippen MR) is 49.3 cm³/mol. The van der Waals surface area contributed by atoms with Gasteiger partial charge in [-0.3, -0.25) is 0 Å². The Morgan fingerprint density at radius 3 is 2.47 bits per heavy atom. The smallest absolute Gasteiger partial charge is 0.417 e. The van der Waals surface area contributed by atoms with Gasteiger partial charge < -0.3 is 4.74 Å². The van der Waals surface area contributed by atoms with Crippen molar-refractivity contribution < 1.29 is 17.9 Å². The van der Waals surface area contributed by atoms with Gasteiger partial charge in [-0.2, -0.15) is 13.2 Å². The van der Waals surface area contributed by atoms with Crippen LogP contribution in [0.25, 0.3) is 0 Å². The summed E-state index contributed by atoms with van der Waals surface area (Å²) in [5.74, 6) is 0.737. The van der Waals surface area contributed by atoms with Crippen molar-refractivity contribution in [2.24, 2.45) is 0 Å². The maximum absolute atomic E-state index is 12.2. The van der Waals surface area contributed by atoms with E-state index >= 15 is 0 Å². The summed E-state index contributed by atoms with van der Waals surface area (Å²) >= 11 is 0. The molecule has 0 atom stereocenters. The van der Waals surface area contributed by atoms with Crippen molar-refractivity contribution >= 4 is 0 Å². The standard InChI is InChI=1S/C10H10F3NO/c1-3-7(2)15-9-5-4-8(6-14-9)10(11,12)13/h3-6H,1-2H3. The fourth-order valence-electron chi connectivity index (χ4n) is 0.832. The highest BCUT2D eigenvalue weighted by Crippen LogP contribution is 2.29. The predicted octanol–water partition coefficient (Wildman–Crippen LogP) is 3.40. The Morgan fingerprint density at radius 2 is 2.07 bits per heavy atom. The minimum atomic E-state index is -4.36. The van der Waals surface area contributed by atoms with E-state index in [0.717, 1.165) is 12.3 Å². The molecule has 0 bridgehead atoms. The number of hydrogen-bond donors (Lipinski definition) is 0. The van der Waals surface area contributed by atoms with Crippen molar-refractivity contribution in [3.63, 3.8) is 0 Å². The maximum Gasteiger partial charge on any atom is 0.417 e. The summed E-state index contributed by atoms with van der Waals surface area (Å²) in [5.41, 5.74) is -0.784. The molecule has 2 nitrogen and oxygen atoms in total. The Labute approximate surface area is 85.4 Å². The summed E-state index contributed by atoms with van der Waals surface area (Å²) in [6.07, 6.45) is -1.92. The van der Waals surface area contributed by atoms with E-state index < -0.39 is 11.7 Å². The number of aromatic nitrogens is 1. The lowest BCUT2D eigenvalue weighted by Crippen LogP contribution is -2.05. The van der Waals surface area contributed by atoms with Crippen LogP contribution in [0.3, 0.4) is 0 Å². The van der Waals surface area contributed by atoms with Gasteiger partial charge in [-0.1, -0.05) is 0 Å². The Morgan fingerprint density at radius 1 is 1.40 bits per heavy atom. The van der Waals surface area contributed by atoms with E-state index in [1.165, 1.54) is 6.07 Å². The van der Waals surface area contributed by atoms with Gasteiger partial charge in [0.15, 0.2) is 0 Å². The summed E-state index contributed by atoms with van der Waals surface area (Å²) in [5, 5.41) is 0. The summed E-state index contributed by atoms with van der Waals surface area (Å²) in [6.45, 7) is 3.46. The molecule has 0 amide bonds. The van der Waals surface area contributed by atoms with Gasteiger partial charge in [0, 0.05) is 12.3 Å². The number of nitrogens with zero attached hydrogens (tertiary/aromatic N) is 1. The van der Waals surface area contributed by atoms with Gasteiger partial charge in [0.1, 0.15) is 0 Å². The topological polar surface area (TPSA) is 22.1 Å². The van der Waals surface area contributed by atoms with Crippen LogP contribution < -0.4 is 4.74 Å². The average Bonchev–Trinajstić information content (AvgIpc) is 2.17. The van der Waals surface area contributed by atoms with E-state index in [2.05, 4.69) is 4.98 Å². The van der Waals surface area contributed by atoms with Gasteiger partial charge in [0.25, 0.3) is 0 Å². The van der Waals surface area contributed by atoms with Gasteiger partial charge >= 0.3 is 6.18 Å². The molecule has 0 aromatic carbocycles. The third kappa shape index (κ3) is 3.27. The zero-order chi connectivity index (χ0) is 11.5. The van der Waals surface area contributed by atoms with Crippen LogP contribution in [0.1, 0.15) is 19.4 Å². The zero-order valence-corrected chi connectivity index (χ0v) is 8.30. The molecule has 0 aliphatic heterocycles. The van der Waals surface area contributed by atoms with E-state index in [-0.39, 0.29) is 5.88 Å². The average molecular weight is 217 g/mol. The fraction of sp³-hybridized carbons (Fsp3) is 0.300. The Kier molecular flexibility index (Phi) is 3.34. The summed E-state index contributed by atoms with van der Waals surface area (Å²) in [4.78, 5) is 3.55. The van der Waals surface area contributed by atoms with Crippen LogP contribution in [-0.4, -0.2) is 4.98 Å². The summed E-state index contributed by atoms with van der Waals surface area (Å²) in [6, 6.07) is 2.13. The van der Waals surface area contributed by atoms with Crippen LogP contribution in [0.2, 0.25) is 0 Å². The first-order valence-electron chi connectivity index (χ1n) is 4.27. The molecule has 82 valence electrons. The van der Waals surface area contributed by atoms with Gasteiger partial charge in [0.05, 0.1) is 11.3 Å².